The van der Waals surface area contributed by atoms with E-state index in [0.29, 0.717) is 0 Å². The van der Waals surface area contributed by atoms with Gasteiger partial charge in [0.25, 0.3) is 0 Å². The van der Waals surface area contributed by atoms with E-state index in [1.807, 2.05) is 30.3 Å². The van der Waals surface area contributed by atoms with Crippen LogP contribution in [0.25, 0.3) is 0 Å². The minimum absolute atomic E-state index is 0.823. The van der Waals surface area contributed by atoms with Crippen molar-refractivity contribution < 1.29 is 0 Å². The molecule has 0 amide bonds. The predicted molar refractivity (Wildman–Crippen MR) is 56.0 cm³/mol. The average molecular weight is 168 g/mol. The van der Waals surface area contributed by atoms with Crippen molar-refractivity contribution >= 4 is 0 Å². The van der Waals surface area contributed by atoms with E-state index in [9.17, 15) is 0 Å². The summed E-state index contributed by atoms with van der Waals surface area (Å²) in [4.78, 5) is 0. The summed E-state index contributed by atoms with van der Waals surface area (Å²) in [6, 6.07) is 9.99. The van der Waals surface area contributed by atoms with Crippen molar-refractivity contribution in [2.45, 2.75) is 19.3 Å². The molecule has 0 aliphatic heterocycles. The zero-order chi connectivity index (χ0) is 9.36. The number of hydrogen-bond donors (Lipinski definition) is 0. The number of rotatable bonds is 2. The van der Waals surface area contributed by atoms with Crippen molar-refractivity contribution in [1.29, 1.82) is 0 Å². The maximum atomic E-state index is 5.12. The van der Waals surface area contributed by atoms with E-state index in [0.717, 1.165) is 24.8 Å². The molecule has 13 heavy (non-hydrogen) atoms. The molecule has 0 saturated heterocycles. The third kappa shape index (κ3) is 4.04. The molecule has 0 spiro atoms. The molecule has 64 valence electrons. The molecule has 0 unspecified atom stereocenters. The second kappa shape index (κ2) is 5.92. The van der Waals surface area contributed by atoms with Crippen LogP contribution in [-0.2, 0) is 0 Å². The molecule has 0 N–H and O–H groups in total. The highest BCUT2D eigenvalue weighted by atomic mass is 13.9. The highest BCUT2D eigenvalue weighted by Crippen LogP contribution is 1.96. The van der Waals surface area contributed by atoms with Crippen molar-refractivity contribution in [2.24, 2.45) is 0 Å². The van der Waals surface area contributed by atoms with Crippen LogP contribution in [0, 0.1) is 24.2 Å². The first-order valence-corrected chi connectivity index (χ1v) is 4.41. The maximum Gasteiger partial charge on any atom is 0.0245 e. The maximum absolute atomic E-state index is 5.12. The van der Waals surface area contributed by atoms with Gasteiger partial charge in [0.05, 0.1) is 0 Å². The highest BCUT2D eigenvalue weighted by molar-refractivity contribution is 5.33. The van der Waals surface area contributed by atoms with Gasteiger partial charge in [0.1, 0.15) is 0 Å². The highest BCUT2D eigenvalue weighted by Gasteiger charge is 1.81. The van der Waals surface area contributed by atoms with E-state index in [-0.39, 0.29) is 0 Å². The van der Waals surface area contributed by atoms with Gasteiger partial charge in [0.15, 0.2) is 0 Å². The van der Waals surface area contributed by atoms with Gasteiger partial charge in [-0.3, -0.25) is 0 Å². The fourth-order valence-corrected chi connectivity index (χ4v) is 0.965. The van der Waals surface area contributed by atoms with E-state index in [1.54, 1.807) is 0 Å². The first-order chi connectivity index (χ1) is 6.43. The molecule has 0 nitrogen and oxygen atoms in total. The van der Waals surface area contributed by atoms with E-state index in [4.69, 9.17) is 6.42 Å². The van der Waals surface area contributed by atoms with Crippen LogP contribution in [0.15, 0.2) is 30.3 Å². The molecular formula is C13H12. The third-order valence-electron chi connectivity index (χ3n) is 1.63. The first kappa shape index (κ1) is 9.43. The number of hydrogen-bond acceptors (Lipinski definition) is 0. The van der Waals surface area contributed by atoms with Crippen molar-refractivity contribution in [2.75, 3.05) is 0 Å². The summed E-state index contributed by atoms with van der Waals surface area (Å²) in [5, 5.41) is 0. The molecule has 0 saturated carbocycles. The second-order valence-corrected chi connectivity index (χ2v) is 2.73. The quantitative estimate of drug-likeness (QED) is 0.470. The van der Waals surface area contributed by atoms with E-state index < -0.39 is 0 Å². The van der Waals surface area contributed by atoms with Crippen LogP contribution >= 0.6 is 0 Å². The SMILES string of the molecule is C#CCCCC#Cc1ccccc1. The summed E-state index contributed by atoms with van der Waals surface area (Å²) in [7, 11) is 0. The van der Waals surface area contributed by atoms with Crippen LogP contribution in [0.4, 0.5) is 0 Å². The fraction of sp³-hybridized carbons (Fsp3) is 0.231. The Bertz CT molecular complexity index is 330. The normalized spacial score (nSPS) is 8.23. The molecular weight excluding hydrogens is 156 g/mol. The van der Waals surface area contributed by atoms with Crippen LogP contribution < -0.4 is 0 Å². The molecule has 0 heterocycles. The van der Waals surface area contributed by atoms with Gasteiger partial charge in [-0.25, -0.2) is 0 Å². The van der Waals surface area contributed by atoms with Crippen LogP contribution in [0.1, 0.15) is 24.8 Å². The molecule has 1 aromatic carbocycles. The minimum Gasteiger partial charge on any atom is -0.120 e. The zero-order valence-corrected chi connectivity index (χ0v) is 7.59. The van der Waals surface area contributed by atoms with Crippen LogP contribution in [0.5, 0.6) is 0 Å². The number of terminal acetylenes is 1. The smallest absolute Gasteiger partial charge is 0.0245 e. The Hall–Kier alpha value is -1.66. The molecule has 0 atom stereocenters. The topological polar surface area (TPSA) is 0 Å². The van der Waals surface area contributed by atoms with Gasteiger partial charge in [-0.05, 0) is 18.6 Å². The summed E-state index contributed by atoms with van der Waals surface area (Å²) in [6.07, 6.45) is 7.83. The Morgan fingerprint density at radius 1 is 1.08 bits per heavy atom. The van der Waals surface area contributed by atoms with Crippen molar-refractivity contribution in [3.8, 4) is 24.2 Å². The zero-order valence-electron chi connectivity index (χ0n) is 7.59. The molecule has 1 rings (SSSR count). The molecule has 0 radical (unpaired) electrons. The summed E-state index contributed by atoms with van der Waals surface area (Å²) < 4.78 is 0. The molecule has 0 bridgehead atoms. The lowest BCUT2D eigenvalue weighted by molar-refractivity contribution is 0.904. The van der Waals surface area contributed by atoms with Gasteiger partial charge in [-0.15, -0.1) is 12.3 Å². The monoisotopic (exact) mass is 168 g/mol. The van der Waals surface area contributed by atoms with Gasteiger partial charge in [-0.1, -0.05) is 30.0 Å². The molecule has 0 aliphatic rings. The van der Waals surface area contributed by atoms with Crippen LogP contribution in [0.2, 0.25) is 0 Å². The Balaban J connectivity index is 2.37. The summed E-state index contributed by atoms with van der Waals surface area (Å²) in [5.74, 6) is 8.77. The molecule has 1 aromatic rings. The minimum atomic E-state index is 0.823. The lowest BCUT2D eigenvalue weighted by Crippen LogP contribution is -1.72. The van der Waals surface area contributed by atoms with Gasteiger partial charge < -0.3 is 0 Å². The fourth-order valence-electron chi connectivity index (χ4n) is 0.965. The van der Waals surface area contributed by atoms with E-state index in [1.165, 1.54) is 0 Å². The predicted octanol–water partition coefficient (Wildman–Crippen LogP) is 2.84. The molecule has 0 aromatic heterocycles. The average Bonchev–Trinajstić information content (AvgIpc) is 2.19. The van der Waals surface area contributed by atoms with E-state index >= 15 is 0 Å². The molecule has 0 fully saturated rings. The Labute approximate surface area is 80.0 Å². The Morgan fingerprint density at radius 3 is 2.54 bits per heavy atom. The van der Waals surface area contributed by atoms with Gasteiger partial charge in [-0.2, -0.15) is 0 Å². The Kier molecular flexibility index (Phi) is 4.30. The molecule has 0 heteroatoms. The van der Waals surface area contributed by atoms with Crippen molar-refractivity contribution in [1.82, 2.24) is 0 Å². The van der Waals surface area contributed by atoms with Crippen molar-refractivity contribution in [3.05, 3.63) is 35.9 Å². The summed E-state index contributed by atoms with van der Waals surface area (Å²) >= 11 is 0. The number of unbranched alkanes of at least 4 members (excludes halogenated alkanes) is 2. The third-order valence-corrected chi connectivity index (χ3v) is 1.63. The number of benzene rings is 1. The van der Waals surface area contributed by atoms with E-state index in [2.05, 4.69) is 17.8 Å². The Morgan fingerprint density at radius 2 is 1.85 bits per heavy atom. The summed E-state index contributed by atoms with van der Waals surface area (Å²) in [5.41, 5.74) is 1.07. The second-order valence-electron chi connectivity index (χ2n) is 2.73. The standard InChI is InChI=1S/C13H12/c1-2-3-4-5-7-10-13-11-8-6-9-12-13/h1,6,8-9,11-12H,3-5H2. The first-order valence-electron chi connectivity index (χ1n) is 4.41. The molecule has 0 aliphatic carbocycles. The van der Waals surface area contributed by atoms with Crippen LogP contribution in [-0.4, -0.2) is 0 Å². The van der Waals surface area contributed by atoms with Crippen molar-refractivity contribution in [3.63, 3.8) is 0 Å². The van der Waals surface area contributed by atoms with Crippen LogP contribution in [0.3, 0.4) is 0 Å². The lowest BCUT2D eigenvalue weighted by Gasteiger charge is -1.86. The lowest BCUT2D eigenvalue weighted by atomic mass is 10.2. The largest absolute Gasteiger partial charge is 0.120 e. The van der Waals surface area contributed by atoms with Gasteiger partial charge in [0.2, 0.25) is 0 Å². The van der Waals surface area contributed by atoms with Gasteiger partial charge in [0, 0.05) is 18.4 Å². The summed E-state index contributed by atoms with van der Waals surface area (Å²) in [6.45, 7) is 0. The van der Waals surface area contributed by atoms with Gasteiger partial charge >= 0.3 is 0 Å².